The van der Waals surface area contributed by atoms with Gasteiger partial charge in [-0.1, -0.05) is 0 Å². The number of aromatic nitrogens is 2. The zero-order valence-electron chi connectivity index (χ0n) is 10.3. The van der Waals surface area contributed by atoms with Gasteiger partial charge in [-0.15, -0.1) is 0 Å². The fourth-order valence-electron chi connectivity index (χ4n) is 2.47. The lowest BCUT2D eigenvalue weighted by Crippen LogP contribution is -2.16. The van der Waals surface area contributed by atoms with Crippen molar-refractivity contribution < 1.29 is 0 Å². The third-order valence-electron chi connectivity index (χ3n) is 3.42. The lowest BCUT2D eigenvalue weighted by atomic mass is 10.1. The van der Waals surface area contributed by atoms with Gasteiger partial charge in [-0.2, -0.15) is 5.26 Å². The molecule has 1 fully saturated rings. The number of imidazole rings is 1. The van der Waals surface area contributed by atoms with Gasteiger partial charge in [0, 0.05) is 10.5 Å². The van der Waals surface area contributed by atoms with Gasteiger partial charge in [0.2, 0.25) is 0 Å². The van der Waals surface area contributed by atoms with E-state index in [-0.39, 0.29) is 0 Å². The van der Waals surface area contributed by atoms with Crippen LogP contribution in [0.25, 0.3) is 5.69 Å². The molecule has 4 nitrogen and oxygen atoms in total. The molecule has 0 spiro atoms. The van der Waals surface area contributed by atoms with Crippen molar-refractivity contribution in [2.45, 2.75) is 18.9 Å². The van der Waals surface area contributed by atoms with Gasteiger partial charge < -0.3 is 9.88 Å². The monoisotopic (exact) mass is 316 g/mol. The van der Waals surface area contributed by atoms with E-state index in [0.29, 0.717) is 11.6 Å². The van der Waals surface area contributed by atoms with Gasteiger partial charge in [-0.05, 0) is 53.5 Å². The first-order chi connectivity index (χ1) is 9.29. The first kappa shape index (κ1) is 12.4. The molecule has 96 valence electrons. The lowest BCUT2D eigenvalue weighted by Gasteiger charge is -2.15. The van der Waals surface area contributed by atoms with Crippen LogP contribution in [0.5, 0.6) is 0 Å². The number of nitrogens with zero attached hydrogens (tertiary/aromatic N) is 3. The van der Waals surface area contributed by atoms with Crippen molar-refractivity contribution in [3.05, 3.63) is 46.5 Å². The van der Waals surface area contributed by atoms with Crippen molar-refractivity contribution in [2.75, 3.05) is 6.54 Å². The molecule has 1 aliphatic rings. The van der Waals surface area contributed by atoms with Crippen molar-refractivity contribution in [1.29, 1.82) is 5.26 Å². The second-order valence-electron chi connectivity index (χ2n) is 4.62. The summed E-state index contributed by atoms with van der Waals surface area (Å²) in [6.45, 7) is 1.06. The Kier molecular flexibility index (Phi) is 3.36. The molecule has 0 aliphatic carbocycles. The molecule has 1 atom stereocenters. The SMILES string of the molecule is N#Cc1ccc(-n2cncc2[C@@H]2CCCN2)c(Br)c1. The third-order valence-corrected chi connectivity index (χ3v) is 4.06. The number of rotatable bonds is 2. The highest BCUT2D eigenvalue weighted by Gasteiger charge is 2.20. The number of hydrogen-bond acceptors (Lipinski definition) is 3. The Balaban J connectivity index is 2.03. The fraction of sp³-hybridized carbons (Fsp3) is 0.286. The molecule has 3 rings (SSSR count). The maximum Gasteiger partial charge on any atom is 0.0995 e. The fourth-order valence-corrected chi connectivity index (χ4v) is 3.04. The molecule has 1 saturated heterocycles. The summed E-state index contributed by atoms with van der Waals surface area (Å²) in [6.07, 6.45) is 6.07. The standard InChI is InChI=1S/C14H13BrN4/c15-11-6-10(7-16)3-4-13(11)19-9-17-8-14(19)12-2-1-5-18-12/h3-4,6,8-9,12,18H,1-2,5H2/t12-/m0/s1. The summed E-state index contributed by atoms with van der Waals surface area (Å²) in [5.41, 5.74) is 2.83. The Hall–Kier alpha value is -1.64. The van der Waals surface area contributed by atoms with E-state index < -0.39 is 0 Å². The molecule has 0 radical (unpaired) electrons. The molecule has 2 heterocycles. The van der Waals surface area contributed by atoms with Crippen LogP contribution in [0.1, 0.15) is 30.1 Å². The Bertz CT molecular complexity index is 635. The van der Waals surface area contributed by atoms with Gasteiger partial charge in [0.1, 0.15) is 0 Å². The summed E-state index contributed by atoms with van der Waals surface area (Å²) < 4.78 is 2.98. The number of nitriles is 1. The van der Waals surface area contributed by atoms with E-state index in [1.54, 1.807) is 0 Å². The van der Waals surface area contributed by atoms with Crippen molar-refractivity contribution in [3.63, 3.8) is 0 Å². The van der Waals surface area contributed by atoms with Crippen LogP contribution in [0.2, 0.25) is 0 Å². The molecule has 1 aromatic carbocycles. The zero-order chi connectivity index (χ0) is 13.2. The predicted molar refractivity (Wildman–Crippen MR) is 76.0 cm³/mol. The molecule has 5 heteroatoms. The Morgan fingerprint density at radius 3 is 3.05 bits per heavy atom. The van der Waals surface area contributed by atoms with Crippen LogP contribution in [0.3, 0.4) is 0 Å². The van der Waals surface area contributed by atoms with E-state index in [2.05, 4.69) is 36.9 Å². The summed E-state index contributed by atoms with van der Waals surface area (Å²) in [6, 6.07) is 8.12. The smallest absolute Gasteiger partial charge is 0.0995 e. The maximum absolute atomic E-state index is 8.91. The summed E-state index contributed by atoms with van der Waals surface area (Å²) in [5.74, 6) is 0. The molecule has 0 unspecified atom stereocenters. The van der Waals surface area contributed by atoms with Gasteiger partial charge in [0.15, 0.2) is 0 Å². The third kappa shape index (κ3) is 2.29. The van der Waals surface area contributed by atoms with Crippen LogP contribution in [0.4, 0.5) is 0 Å². The van der Waals surface area contributed by atoms with Gasteiger partial charge in [-0.25, -0.2) is 4.98 Å². The van der Waals surface area contributed by atoms with Crippen LogP contribution in [-0.4, -0.2) is 16.1 Å². The van der Waals surface area contributed by atoms with Gasteiger partial charge in [-0.3, -0.25) is 0 Å². The Morgan fingerprint density at radius 1 is 1.47 bits per heavy atom. The molecule has 19 heavy (non-hydrogen) atoms. The Morgan fingerprint density at radius 2 is 2.37 bits per heavy atom. The molecule has 1 aliphatic heterocycles. The highest BCUT2D eigenvalue weighted by Crippen LogP contribution is 2.28. The van der Waals surface area contributed by atoms with Crippen molar-refractivity contribution >= 4 is 15.9 Å². The molecule has 1 N–H and O–H groups in total. The zero-order valence-corrected chi connectivity index (χ0v) is 11.9. The Labute approximate surface area is 120 Å². The molecular formula is C14H13BrN4. The maximum atomic E-state index is 8.91. The van der Waals surface area contributed by atoms with Gasteiger partial charge >= 0.3 is 0 Å². The molecule has 2 aromatic rings. The van der Waals surface area contributed by atoms with Crippen LogP contribution in [-0.2, 0) is 0 Å². The van der Waals surface area contributed by atoms with Crippen LogP contribution >= 0.6 is 15.9 Å². The van der Waals surface area contributed by atoms with Crippen molar-refractivity contribution in [2.24, 2.45) is 0 Å². The van der Waals surface area contributed by atoms with E-state index >= 15 is 0 Å². The summed E-state index contributed by atoms with van der Waals surface area (Å²) >= 11 is 3.53. The minimum atomic E-state index is 0.366. The first-order valence-corrected chi connectivity index (χ1v) is 7.04. The van der Waals surface area contributed by atoms with E-state index in [1.807, 2.05) is 30.7 Å². The quantitative estimate of drug-likeness (QED) is 0.926. The van der Waals surface area contributed by atoms with Gasteiger partial charge in [0.25, 0.3) is 0 Å². The predicted octanol–water partition coefficient (Wildman–Crippen LogP) is 2.93. The topological polar surface area (TPSA) is 53.6 Å². The van der Waals surface area contributed by atoms with Gasteiger partial charge in [0.05, 0.1) is 35.5 Å². The minimum Gasteiger partial charge on any atom is -0.309 e. The van der Waals surface area contributed by atoms with E-state index in [1.165, 1.54) is 12.1 Å². The second-order valence-corrected chi connectivity index (χ2v) is 5.47. The normalized spacial score (nSPS) is 18.4. The van der Waals surface area contributed by atoms with Crippen LogP contribution in [0.15, 0.2) is 35.2 Å². The summed E-state index contributed by atoms with van der Waals surface area (Å²) in [7, 11) is 0. The largest absolute Gasteiger partial charge is 0.309 e. The molecule has 0 amide bonds. The molecule has 0 saturated carbocycles. The van der Waals surface area contributed by atoms with E-state index in [9.17, 15) is 0 Å². The van der Waals surface area contributed by atoms with Crippen molar-refractivity contribution in [3.8, 4) is 11.8 Å². The minimum absolute atomic E-state index is 0.366. The van der Waals surface area contributed by atoms with Crippen molar-refractivity contribution in [1.82, 2.24) is 14.9 Å². The number of benzene rings is 1. The molecular weight excluding hydrogens is 304 g/mol. The number of hydrogen-bond donors (Lipinski definition) is 1. The average Bonchev–Trinajstić information content (AvgIpc) is 3.08. The second kappa shape index (κ2) is 5.16. The number of halogens is 1. The van der Waals surface area contributed by atoms with Crippen LogP contribution in [0, 0.1) is 11.3 Å². The highest BCUT2D eigenvalue weighted by molar-refractivity contribution is 9.10. The average molecular weight is 317 g/mol. The lowest BCUT2D eigenvalue weighted by molar-refractivity contribution is 0.615. The first-order valence-electron chi connectivity index (χ1n) is 6.25. The highest BCUT2D eigenvalue weighted by atomic mass is 79.9. The summed E-state index contributed by atoms with van der Waals surface area (Å²) in [4.78, 5) is 4.26. The summed E-state index contributed by atoms with van der Waals surface area (Å²) in [5, 5.41) is 12.4. The van der Waals surface area contributed by atoms with E-state index in [0.717, 1.165) is 23.1 Å². The molecule has 0 bridgehead atoms. The van der Waals surface area contributed by atoms with E-state index in [4.69, 9.17) is 5.26 Å². The van der Waals surface area contributed by atoms with Crippen LogP contribution < -0.4 is 5.32 Å². The number of nitrogens with one attached hydrogen (secondary N) is 1. The molecule has 1 aromatic heterocycles.